The number of hydrogen-bond acceptors (Lipinski definition) is 2. The van der Waals surface area contributed by atoms with Gasteiger partial charge in [-0.05, 0) is 26.0 Å². The molecular weight excluding hydrogens is 272 g/mol. The Kier molecular flexibility index (Phi) is 4.91. The second kappa shape index (κ2) is 6.68. The van der Waals surface area contributed by atoms with E-state index in [0.29, 0.717) is 5.56 Å². The Morgan fingerprint density at radius 3 is 2.29 bits per heavy atom. The van der Waals surface area contributed by atoms with E-state index in [1.807, 2.05) is 38.1 Å². The van der Waals surface area contributed by atoms with Crippen LogP contribution >= 0.6 is 0 Å². The Morgan fingerprint density at radius 2 is 1.62 bits per heavy atom. The van der Waals surface area contributed by atoms with Gasteiger partial charge in [-0.25, -0.2) is 8.78 Å². The van der Waals surface area contributed by atoms with Crippen LogP contribution in [0.5, 0.6) is 5.75 Å². The molecule has 0 aliphatic heterocycles. The van der Waals surface area contributed by atoms with Gasteiger partial charge < -0.3 is 10.1 Å². The van der Waals surface area contributed by atoms with Gasteiger partial charge in [0.15, 0.2) is 0 Å². The minimum absolute atomic E-state index is 0.0272. The molecule has 2 aromatic rings. The lowest BCUT2D eigenvalue weighted by Crippen LogP contribution is -2.23. The maximum atomic E-state index is 13.8. The Bertz CT molecular complexity index is 615. The molecule has 4 heteroatoms. The first kappa shape index (κ1) is 15.4. The largest absolute Gasteiger partial charge is 0.496 e. The van der Waals surface area contributed by atoms with Crippen molar-refractivity contribution < 1.29 is 13.5 Å². The Balaban J connectivity index is 2.16. The van der Waals surface area contributed by atoms with Gasteiger partial charge in [0.05, 0.1) is 7.11 Å². The van der Waals surface area contributed by atoms with Crippen LogP contribution in [0.1, 0.15) is 37.1 Å². The van der Waals surface area contributed by atoms with E-state index in [-0.39, 0.29) is 12.1 Å². The van der Waals surface area contributed by atoms with E-state index in [4.69, 9.17) is 4.74 Å². The second-order valence-corrected chi connectivity index (χ2v) is 5.02. The van der Waals surface area contributed by atoms with Crippen molar-refractivity contribution >= 4 is 0 Å². The smallest absolute Gasteiger partial charge is 0.130 e. The number of nitrogens with one attached hydrogen (secondary N) is 1. The van der Waals surface area contributed by atoms with Gasteiger partial charge >= 0.3 is 0 Å². The van der Waals surface area contributed by atoms with E-state index in [9.17, 15) is 8.78 Å². The Hall–Kier alpha value is -1.94. The predicted molar refractivity (Wildman–Crippen MR) is 79.3 cm³/mol. The summed E-state index contributed by atoms with van der Waals surface area (Å²) in [5.41, 5.74) is 1.44. The maximum absolute atomic E-state index is 13.8. The van der Waals surface area contributed by atoms with Crippen LogP contribution in [0.2, 0.25) is 0 Å². The van der Waals surface area contributed by atoms with E-state index in [1.165, 1.54) is 12.1 Å². The number of ether oxygens (including phenoxy) is 1. The number of rotatable bonds is 5. The van der Waals surface area contributed by atoms with Gasteiger partial charge in [-0.3, -0.25) is 0 Å². The molecule has 21 heavy (non-hydrogen) atoms. The quantitative estimate of drug-likeness (QED) is 0.882. The number of hydrogen-bond donors (Lipinski definition) is 1. The topological polar surface area (TPSA) is 21.3 Å². The SMILES string of the molecule is COc1ccccc1[C@@H](C)NC(C)c1ccc(F)cc1F. The highest BCUT2D eigenvalue weighted by Crippen LogP contribution is 2.27. The van der Waals surface area contributed by atoms with Gasteiger partial charge in [0.25, 0.3) is 0 Å². The molecule has 0 bridgehead atoms. The molecule has 2 rings (SSSR count). The van der Waals surface area contributed by atoms with Crippen LogP contribution < -0.4 is 10.1 Å². The molecule has 0 radical (unpaired) electrons. The zero-order valence-corrected chi connectivity index (χ0v) is 12.4. The molecule has 2 atom stereocenters. The molecule has 0 spiro atoms. The molecule has 2 aromatic carbocycles. The van der Waals surface area contributed by atoms with Crippen LogP contribution in [0.15, 0.2) is 42.5 Å². The van der Waals surface area contributed by atoms with Crippen molar-refractivity contribution in [2.75, 3.05) is 7.11 Å². The third-order valence-corrected chi connectivity index (χ3v) is 3.53. The summed E-state index contributed by atoms with van der Waals surface area (Å²) in [6, 6.07) is 11.0. The van der Waals surface area contributed by atoms with Gasteiger partial charge in [0.1, 0.15) is 17.4 Å². The molecule has 0 aliphatic rings. The van der Waals surface area contributed by atoms with Gasteiger partial charge in [-0.1, -0.05) is 24.3 Å². The first-order valence-corrected chi connectivity index (χ1v) is 6.87. The first-order valence-electron chi connectivity index (χ1n) is 6.87. The highest BCUT2D eigenvalue weighted by molar-refractivity contribution is 5.35. The lowest BCUT2D eigenvalue weighted by Gasteiger charge is -2.22. The number of halogens is 2. The Morgan fingerprint density at radius 1 is 0.952 bits per heavy atom. The normalized spacial score (nSPS) is 13.8. The fourth-order valence-corrected chi connectivity index (χ4v) is 2.43. The first-order chi connectivity index (χ1) is 10.0. The molecule has 1 unspecified atom stereocenters. The Labute approximate surface area is 123 Å². The fraction of sp³-hybridized carbons (Fsp3) is 0.294. The number of methoxy groups -OCH3 is 1. The van der Waals surface area contributed by atoms with Gasteiger partial charge in [-0.15, -0.1) is 0 Å². The minimum Gasteiger partial charge on any atom is -0.496 e. The lowest BCUT2D eigenvalue weighted by molar-refractivity contribution is 0.395. The molecule has 0 heterocycles. The standard InChI is InChI=1S/C17H19F2NO/c1-11(14-9-8-13(18)10-16(14)19)20-12(2)15-6-4-5-7-17(15)21-3/h4-12,20H,1-3H3/t11?,12-/m1/s1. The lowest BCUT2D eigenvalue weighted by atomic mass is 10.0. The number of benzene rings is 2. The molecule has 1 N–H and O–H groups in total. The molecule has 112 valence electrons. The highest BCUT2D eigenvalue weighted by Gasteiger charge is 2.17. The molecule has 0 fully saturated rings. The van der Waals surface area contributed by atoms with Crippen LogP contribution in [-0.4, -0.2) is 7.11 Å². The van der Waals surface area contributed by atoms with Crippen molar-refractivity contribution in [3.05, 3.63) is 65.2 Å². The van der Waals surface area contributed by atoms with Crippen molar-refractivity contribution in [2.45, 2.75) is 25.9 Å². The van der Waals surface area contributed by atoms with Crippen LogP contribution in [0, 0.1) is 11.6 Å². The summed E-state index contributed by atoms with van der Waals surface area (Å²) in [5, 5.41) is 3.30. The third-order valence-electron chi connectivity index (χ3n) is 3.53. The summed E-state index contributed by atoms with van der Waals surface area (Å²) in [5.74, 6) is -0.326. The molecule has 0 amide bonds. The summed E-state index contributed by atoms with van der Waals surface area (Å²) in [4.78, 5) is 0. The molecule has 0 aromatic heterocycles. The van der Waals surface area contributed by atoms with Crippen LogP contribution in [0.3, 0.4) is 0 Å². The molecule has 0 saturated carbocycles. The van der Waals surface area contributed by atoms with E-state index >= 15 is 0 Å². The summed E-state index contributed by atoms with van der Waals surface area (Å²) in [6.07, 6.45) is 0. The van der Waals surface area contributed by atoms with Crippen molar-refractivity contribution in [1.29, 1.82) is 0 Å². The molecule has 0 aliphatic carbocycles. The van der Waals surface area contributed by atoms with E-state index in [0.717, 1.165) is 17.4 Å². The molecule has 0 saturated heterocycles. The summed E-state index contributed by atoms with van der Waals surface area (Å²) in [6.45, 7) is 3.83. The zero-order valence-electron chi connectivity index (χ0n) is 12.4. The van der Waals surface area contributed by atoms with Crippen LogP contribution in [0.4, 0.5) is 8.78 Å². The highest BCUT2D eigenvalue weighted by atomic mass is 19.1. The van der Waals surface area contributed by atoms with E-state index in [1.54, 1.807) is 7.11 Å². The van der Waals surface area contributed by atoms with Crippen molar-refractivity contribution in [3.8, 4) is 5.75 Å². The third kappa shape index (κ3) is 3.58. The van der Waals surface area contributed by atoms with Crippen LogP contribution in [-0.2, 0) is 0 Å². The van der Waals surface area contributed by atoms with Crippen molar-refractivity contribution in [1.82, 2.24) is 5.32 Å². The predicted octanol–water partition coefficient (Wildman–Crippen LogP) is 4.39. The monoisotopic (exact) mass is 291 g/mol. The van der Waals surface area contributed by atoms with E-state index < -0.39 is 11.6 Å². The van der Waals surface area contributed by atoms with E-state index in [2.05, 4.69) is 5.32 Å². The average Bonchev–Trinajstić information content (AvgIpc) is 2.46. The fourth-order valence-electron chi connectivity index (χ4n) is 2.43. The molecular formula is C17H19F2NO. The summed E-state index contributed by atoms with van der Waals surface area (Å²) >= 11 is 0. The van der Waals surface area contributed by atoms with Crippen LogP contribution in [0.25, 0.3) is 0 Å². The summed E-state index contributed by atoms with van der Waals surface area (Å²) < 4.78 is 32.1. The number of para-hydroxylation sites is 1. The van der Waals surface area contributed by atoms with Gasteiger partial charge in [-0.2, -0.15) is 0 Å². The minimum atomic E-state index is -0.568. The summed E-state index contributed by atoms with van der Waals surface area (Å²) in [7, 11) is 1.62. The average molecular weight is 291 g/mol. The molecule has 2 nitrogen and oxygen atoms in total. The second-order valence-electron chi connectivity index (χ2n) is 5.02. The van der Waals surface area contributed by atoms with Gasteiger partial charge in [0, 0.05) is 29.3 Å². The van der Waals surface area contributed by atoms with Gasteiger partial charge in [0.2, 0.25) is 0 Å². The zero-order chi connectivity index (χ0) is 15.4. The maximum Gasteiger partial charge on any atom is 0.130 e. The van der Waals surface area contributed by atoms with Crippen molar-refractivity contribution in [2.24, 2.45) is 0 Å². The van der Waals surface area contributed by atoms with Crippen molar-refractivity contribution in [3.63, 3.8) is 0 Å².